The Labute approximate surface area is 81.5 Å². The van der Waals surface area contributed by atoms with Gasteiger partial charge in [-0.2, -0.15) is 0 Å². The van der Waals surface area contributed by atoms with Gasteiger partial charge in [-0.3, -0.25) is 0 Å². The summed E-state index contributed by atoms with van der Waals surface area (Å²) >= 11 is 0. The van der Waals surface area contributed by atoms with Crippen molar-refractivity contribution in [2.24, 2.45) is 0 Å². The van der Waals surface area contributed by atoms with Gasteiger partial charge in [-0.05, 0) is 13.8 Å². The molecule has 0 saturated carbocycles. The van der Waals surface area contributed by atoms with Crippen LogP contribution in [0.15, 0.2) is 6.20 Å². The first-order valence-corrected chi connectivity index (χ1v) is 4.20. The Balaban J connectivity index is 3.32. The number of carboxylic acid groups (broad SMARTS) is 1. The minimum absolute atomic E-state index is 0.00574. The molecule has 1 aromatic rings. The van der Waals surface area contributed by atoms with Gasteiger partial charge in [0.05, 0.1) is 7.11 Å². The van der Waals surface area contributed by atoms with E-state index in [1.54, 1.807) is 0 Å². The first-order chi connectivity index (χ1) is 6.49. The van der Waals surface area contributed by atoms with Crippen LogP contribution in [0.4, 0.5) is 0 Å². The molecule has 1 rings (SSSR count). The third-order valence-corrected chi connectivity index (χ3v) is 1.95. The molecule has 5 heteroatoms. The molecule has 1 aromatic heterocycles. The summed E-state index contributed by atoms with van der Waals surface area (Å²) in [5.74, 6) is -1.26. The van der Waals surface area contributed by atoms with Gasteiger partial charge in [0.2, 0.25) is 5.88 Å². The fourth-order valence-corrected chi connectivity index (χ4v) is 1.24. The Morgan fingerprint density at radius 2 is 2.14 bits per heavy atom. The van der Waals surface area contributed by atoms with Crippen molar-refractivity contribution >= 4 is 5.97 Å². The van der Waals surface area contributed by atoms with Crippen LogP contribution in [0.3, 0.4) is 0 Å². The molecule has 0 unspecified atom stereocenters. The molecule has 0 saturated heterocycles. The van der Waals surface area contributed by atoms with Crippen molar-refractivity contribution in [3.8, 4) is 11.6 Å². The molecule has 78 valence electrons. The van der Waals surface area contributed by atoms with Crippen LogP contribution < -0.4 is 4.74 Å². The van der Waals surface area contributed by atoms with E-state index < -0.39 is 5.97 Å². The summed E-state index contributed by atoms with van der Waals surface area (Å²) in [6.45, 7) is 3.68. The smallest absolute Gasteiger partial charge is 0.341 e. The van der Waals surface area contributed by atoms with E-state index in [1.807, 2.05) is 13.8 Å². The number of carboxylic acids is 1. The van der Waals surface area contributed by atoms with Crippen molar-refractivity contribution in [1.29, 1.82) is 0 Å². The predicted molar refractivity (Wildman–Crippen MR) is 50.0 cm³/mol. The van der Waals surface area contributed by atoms with Gasteiger partial charge < -0.3 is 19.5 Å². The topological polar surface area (TPSA) is 71.7 Å². The highest BCUT2D eigenvalue weighted by Gasteiger charge is 2.21. The lowest BCUT2D eigenvalue weighted by molar-refractivity contribution is 0.0693. The Bertz CT molecular complexity index is 354. The predicted octanol–water partition coefficient (Wildman–Crippen LogP) is 1.48. The monoisotopic (exact) mass is 199 g/mol. The Kier molecular flexibility index (Phi) is 2.69. The van der Waals surface area contributed by atoms with E-state index in [0.29, 0.717) is 0 Å². The Morgan fingerprint density at radius 3 is 2.43 bits per heavy atom. The summed E-state index contributed by atoms with van der Waals surface area (Å²) < 4.78 is 6.26. The molecule has 0 aromatic carbocycles. The first-order valence-electron chi connectivity index (χ1n) is 4.20. The summed E-state index contributed by atoms with van der Waals surface area (Å²) in [6.07, 6.45) is 1.36. The van der Waals surface area contributed by atoms with Crippen LogP contribution in [0.5, 0.6) is 11.6 Å². The summed E-state index contributed by atoms with van der Waals surface area (Å²) in [5, 5.41) is 18.4. The minimum Gasteiger partial charge on any atom is -0.492 e. The second-order valence-electron chi connectivity index (χ2n) is 3.21. The van der Waals surface area contributed by atoms with Crippen LogP contribution in [0.25, 0.3) is 0 Å². The van der Waals surface area contributed by atoms with Gasteiger partial charge in [0.1, 0.15) is 5.56 Å². The van der Waals surface area contributed by atoms with Crippen LogP contribution in [-0.4, -0.2) is 27.9 Å². The van der Waals surface area contributed by atoms with Gasteiger partial charge in [0, 0.05) is 12.2 Å². The van der Waals surface area contributed by atoms with Crippen molar-refractivity contribution in [2.75, 3.05) is 7.11 Å². The van der Waals surface area contributed by atoms with Gasteiger partial charge in [-0.25, -0.2) is 4.79 Å². The fraction of sp³-hybridized carbons (Fsp3) is 0.444. The molecule has 0 amide bonds. The van der Waals surface area contributed by atoms with Crippen molar-refractivity contribution < 1.29 is 19.7 Å². The highest BCUT2D eigenvalue weighted by molar-refractivity contribution is 5.91. The highest BCUT2D eigenvalue weighted by Crippen LogP contribution is 2.34. The number of carbonyl (C=O) groups is 1. The van der Waals surface area contributed by atoms with E-state index in [9.17, 15) is 9.90 Å². The van der Waals surface area contributed by atoms with Crippen molar-refractivity contribution in [3.05, 3.63) is 11.8 Å². The molecule has 0 aliphatic rings. The van der Waals surface area contributed by atoms with Crippen LogP contribution in [-0.2, 0) is 0 Å². The number of ether oxygens (including phenoxy) is 1. The average Bonchev–Trinajstić information content (AvgIpc) is 2.42. The molecule has 14 heavy (non-hydrogen) atoms. The van der Waals surface area contributed by atoms with E-state index in [-0.39, 0.29) is 23.2 Å². The zero-order valence-corrected chi connectivity index (χ0v) is 8.31. The second-order valence-corrected chi connectivity index (χ2v) is 3.21. The highest BCUT2D eigenvalue weighted by atomic mass is 16.5. The number of aromatic nitrogens is 1. The molecular formula is C9H13NO4. The minimum atomic E-state index is -1.11. The zero-order chi connectivity index (χ0) is 10.9. The molecule has 2 N–H and O–H groups in total. The Hall–Kier alpha value is -1.65. The van der Waals surface area contributed by atoms with Crippen LogP contribution in [0, 0.1) is 0 Å². The largest absolute Gasteiger partial charge is 0.492 e. The molecule has 1 heterocycles. The SMILES string of the molecule is COc1c(C(=O)O)cn(C(C)C)c1O. The maximum atomic E-state index is 10.8. The average molecular weight is 199 g/mol. The molecule has 0 aliphatic carbocycles. The lowest BCUT2D eigenvalue weighted by Gasteiger charge is -2.08. The van der Waals surface area contributed by atoms with E-state index in [1.165, 1.54) is 17.9 Å². The molecule has 0 bridgehead atoms. The lowest BCUT2D eigenvalue weighted by Crippen LogP contribution is -1.98. The van der Waals surface area contributed by atoms with Crippen molar-refractivity contribution in [3.63, 3.8) is 0 Å². The fourth-order valence-electron chi connectivity index (χ4n) is 1.24. The second kappa shape index (κ2) is 3.61. The molecule has 0 fully saturated rings. The van der Waals surface area contributed by atoms with Crippen LogP contribution in [0.1, 0.15) is 30.2 Å². The number of methoxy groups -OCH3 is 1. The van der Waals surface area contributed by atoms with Crippen molar-refractivity contribution in [2.45, 2.75) is 19.9 Å². The van der Waals surface area contributed by atoms with E-state index in [0.717, 1.165) is 0 Å². The first kappa shape index (κ1) is 10.4. The van der Waals surface area contributed by atoms with Gasteiger partial charge >= 0.3 is 5.97 Å². The van der Waals surface area contributed by atoms with Gasteiger partial charge in [0.15, 0.2) is 5.75 Å². The molecule has 0 aliphatic heterocycles. The normalized spacial score (nSPS) is 10.6. The number of aromatic carboxylic acids is 1. The number of hydrogen-bond donors (Lipinski definition) is 2. The third kappa shape index (κ3) is 1.53. The lowest BCUT2D eigenvalue weighted by atomic mass is 10.3. The quantitative estimate of drug-likeness (QED) is 0.773. The summed E-state index contributed by atoms with van der Waals surface area (Å²) in [5.41, 5.74) is -0.0290. The number of nitrogens with zero attached hydrogens (tertiary/aromatic N) is 1. The molecule has 0 atom stereocenters. The molecule has 0 spiro atoms. The van der Waals surface area contributed by atoms with Gasteiger partial charge in [-0.15, -0.1) is 0 Å². The van der Waals surface area contributed by atoms with Crippen LogP contribution >= 0.6 is 0 Å². The van der Waals surface area contributed by atoms with E-state index in [2.05, 4.69) is 0 Å². The summed E-state index contributed by atoms with van der Waals surface area (Å²) in [7, 11) is 1.33. The maximum absolute atomic E-state index is 10.8. The summed E-state index contributed by atoms with van der Waals surface area (Å²) in [4.78, 5) is 10.8. The third-order valence-electron chi connectivity index (χ3n) is 1.95. The van der Waals surface area contributed by atoms with Gasteiger partial charge in [0.25, 0.3) is 0 Å². The number of rotatable bonds is 3. The van der Waals surface area contributed by atoms with Crippen molar-refractivity contribution in [1.82, 2.24) is 4.57 Å². The molecular weight excluding hydrogens is 186 g/mol. The van der Waals surface area contributed by atoms with E-state index in [4.69, 9.17) is 9.84 Å². The number of hydrogen-bond acceptors (Lipinski definition) is 3. The van der Waals surface area contributed by atoms with E-state index >= 15 is 0 Å². The maximum Gasteiger partial charge on any atom is 0.341 e. The standard InChI is InChI=1S/C9H13NO4/c1-5(2)10-4-6(9(12)13)7(14-3)8(10)11/h4-5,11H,1-3H3,(H,12,13). The Morgan fingerprint density at radius 1 is 1.57 bits per heavy atom. The summed E-state index contributed by atoms with van der Waals surface area (Å²) in [6, 6.07) is -0.0167. The molecule has 0 radical (unpaired) electrons. The van der Waals surface area contributed by atoms with Crippen LogP contribution in [0.2, 0.25) is 0 Å². The zero-order valence-electron chi connectivity index (χ0n) is 8.31. The van der Waals surface area contributed by atoms with Gasteiger partial charge in [-0.1, -0.05) is 0 Å². The molecule has 5 nitrogen and oxygen atoms in total. The number of aromatic hydroxyl groups is 1.